The lowest BCUT2D eigenvalue weighted by atomic mass is 10.1. The number of amides is 1. The molecule has 0 heterocycles. The van der Waals surface area contributed by atoms with E-state index in [1.165, 1.54) is 26.5 Å². The SMILES string of the molecule is CCOCC(=O)/C(=C\NCC(OC)OC)C(=O)NCc1ccc(F)cc1F. The maximum atomic E-state index is 13.7. The highest BCUT2D eigenvalue weighted by molar-refractivity contribution is 6.19. The van der Waals surface area contributed by atoms with E-state index in [-0.39, 0.29) is 30.8 Å². The Morgan fingerprint density at radius 1 is 1.22 bits per heavy atom. The van der Waals surface area contributed by atoms with Crippen LogP contribution in [0.1, 0.15) is 12.5 Å². The molecule has 2 N–H and O–H groups in total. The third-order valence-electron chi connectivity index (χ3n) is 3.49. The Morgan fingerprint density at radius 3 is 2.52 bits per heavy atom. The van der Waals surface area contributed by atoms with Gasteiger partial charge in [0.25, 0.3) is 5.91 Å². The number of hydrogen-bond acceptors (Lipinski definition) is 6. The van der Waals surface area contributed by atoms with Crippen LogP contribution >= 0.6 is 0 Å². The quantitative estimate of drug-likeness (QED) is 0.244. The van der Waals surface area contributed by atoms with E-state index in [9.17, 15) is 18.4 Å². The molecular weight excluding hydrogens is 362 g/mol. The lowest BCUT2D eigenvalue weighted by Gasteiger charge is -2.14. The fourth-order valence-corrected chi connectivity index (χ4v) is 2.00. The first-order chi connectivity index (χ1) is 12.9. The molecule has 0 aliphatic rings. The van der Waals surface area contributed by atoms with Crippen molar-refractivity contribution in [3.63, 3.8) is 0 Å². The van der Waals surface area contributed by atoms with Gasteiger partial charge in [0, 0.05) is 45.2 Å². The fourth-order valence-electron chi connectivity index (χ4n) is 2.00. The number of benzene rings is 1. The number of Topliss-reactive ketones (excluding diaryl/α,β-unsaturated/α-hetero) is 1. The molecule has 1 aromatic rings. The van der Waals surface area contributed by atoms with Gasteiger partial charge in [0.2, 0.25) is 0 Å². The van der Waals surface area contributed by atoms with Gasteiger partial charge in [-0.3, -0.25) is 9.59 Å². The molecule has 9 heteroatoms. The van der Waals surface area contributed by atoms with Gasteiger partial charge >= 0.3 is 0 Å². The highest BCUT2D eigenvalue weighted by Crippen LogP contribution is 2.09. The molecule has 27 heavy (non-hydrogen) atoms. The number of hydrogen-bond donors (Lipinski definition) is 2. The molecule has 0 fully saturated rings. The zero-order chi connectivity index (χ0) is 20.2. The number of halogens is 2. The second kappa shape index (κ2) is 12.1. The van der Waals surface area contributed by atoms with Crippen molar-refractivity contribution in [1.29, 1.82) is 0 Å². The Morgan fingerprint density at radius 2 is 1.93 bits per heavy atom. The van der Waals surface area contributed by atoms with E-state index in [1.807, 2.05) is 0 Å². The summed E-state index contributed by atoms with van der Waals surface area (Å²) in [6, 6.07) is 3.02. The van der Waals surface area contributed by atoms with Gasteiger partial charge in [-0.25, -0.2) is 8.78 Å². The summed E-state index contributed by atoms with van der Waals surface area (Å²) in [7, 11) is 2.90. The van der Waals surface area contributed by atoms with Gasteiger partial charge in [-0.2, -0.15) is 0 Å². The number of rotatable bonds is 12. The van der Waals surface area contributed by atoms with E-state index >= 15 is 0 Å². The van der Waals surface area contributed by atoms with Crippen LogP contribution in [0.15, 0.2) is 30.0 Å². The molecule has 0 spiro atoms. The highest BCUT2D eigenvalue weighted by Gasteiger charge is 2.19. The van der Waals surface area contributed by atoms with Crippen molar-refractivity contribution in [2.24, 2.45) is 0 Å². The van der Waals surface area contributed by atoms with Crippen LogP contribution in [0.4, 0.5) is 8.78 Å². The molecule has 7 nitrogen and oxygen atoms in total. The third-order valence-corrected chi connectivity index (χ3v) is 3.49. The van der Waals surface area contributed by atoms with Crippen molar-refractivity contribution in [3.8, 4) is 0 Å². The molecule has 0 unspecified atom stereocenters. The minimum absolute atomic E-state index is 0.0909. The zero-order valence-electron chi connectivity index (χ0n) is 15.5. The summed E-state index contributed by atoms with van der Waals surface area (Å²) in [5.74, 6) is -2.78. The predicted molar refractivity (Wildman–Crippen MR) is 93.6 cm³/mol. The van der Waals surface area contributed by atoms with Crippen molar-refractivity contribution in [2.45, 2.75) is 19.8 Å². The Balaban J connectivity index is 2.80. The first-order valence-electron chi connectivity index (χ1n) is 8.25. The van der Waals surface area contributed by atoms with Crippen LogP contribution in [0.2, 0.25) is 0 Å². The van der Waals surface area contributed by atoms with Gasteiger partial charge in [-0.15, -0.1) is 0 Å². The van der Waals surface area contributed by atoms with Gasteiger partial charge in [0.05, 0.1) is 6.54 Å². The summed E-state index contributed by atoms with van der Waals surface area (Å²) in [4.78, 5) is 24.6. The molecule has 150 valence electrons. The van der Waals surface area contributed by atoms with Crippen LogP contribution in [-0.2, 0) is 30.3 Å². The van der Waals surface area contributed by atoms with Gasteiger partial charge in [0.15, 0.2) is 12.1 Å². The lowest BCUT2D eigenvalue weighted by Crippen LogP contribution is -2.33. The first kappa shape index (κ1) is 22.7. The van der Waals surface area contributed by atoms with Crippen LogP contribution in [0.25, 0.3) is 0 Å². The average molecular weight is 386 g/mol. The number of methoxy groups -OCH3 is 2. The normalized spacial score (nSPS) is 11.6. The molecule has 0 saturated carbocycles. The van der Waals surface area contributed by atoms with Crippen molar-refractivity contribution >= 4 is 11.7 Å². The summed E-state index contributed by atoms with van der Waals surface area (Å²) in [6.45, 7) is 1.74. The van der Waals surface area contributed by atoms with Crippen LogP contribution in [0.5, 0.6) is 0 Å². The van der Waals surface area contributed by atoms with Crippen LogP contribution < -0.4 is 10.6 Å². The summed E-state index contributed by atoms with van der Waals surface area (Å²) in [5.41, 5.74) is -0.106. The Labute approximate surface area is 156 Å². The molecule has 0 saturated heterocycles. The van der Waals surface area contributed by atoms with E-state index in [0.717, 1.165) is 12.1 Å². The molecule has 1 aromatic carbocycles. The van der Waals surface area contributed by atoms with Gasteiger partial charge in [0.1, 0.15) is 23.8 Å². The van der Waals surface area contributed by atoms with Crippen LogP contribution in [0.3, 0.4) is 0 Å². The lowest BCUT2D eigenvalue weighted by molar-refractivity contribution is -0.125. The van der Waals surface area contributed by atoms with E-state index in [2.05, 4.69) is 10.6 Å². The minimum atomic E-state index is -0.789. The van der Waals surface area contributed by atoms with Crippen LogP contribution in [-0.4, -0.2) is 52.0 Å². The van der Waals surface area contributed by atoms with Gasteiger partial charge < -0.3 is 24.8 Å². The number of ketones is 1. The zero-order valence-corrected chi connectivity index (χ0v) is 15.5. The second-order valence-electron chi connectivity index (χ2n) is 5.35. The molecular formula is C18H24F2N2O5. The smallest absolute Gasteiger partial charge is 0.256 e. The van der Waals surface area contributed by atoms with Crippen molar-refractivity contribution < 1.29 is 32.6 Å². The van der Waals surface area contributed by atoms with Gasteiger partial charge in [-0.1, -0.05) is 6.07 Å². The Hall–Kier alpha value is -2.36. The molecule has 0 bridgehead atoms. The Kier molecular flexibility index (Phi) is 10.2. The minimum Gasteiger partial charge on any atom is -0.385 e. The molecule has 1 rings (SSSR count). The van der Waals surface area contributed by atoms with Gasteiger partial charge in [-0.05, 0) is 13.0 Å². The monoisotopic (exact) mass is 386 g/mol. The van der Waals surface area contributed by atoms with Crippen molar-refractivity contribution in [2.75, 3.05) is 34.0 Å². The topological polar surface area (TPSA) is 85.9 Å². The maximum absolute atomic E-state index is 13.7. The van der Waals surface area contributed by atoms with Crippen LogP contribution in [0, 0.1) is 11.6 Å². The molecule has 0 aliphatic heterocycles. The van der Waals surface area contributed by atoms with Crippen molar-refractivity contribution in [3.05, 3.63) is 47.2 Å². The van der Waals surface area contributed by atoms with Crippen molar-refractivity contribution in [1.82, 2.24) is 10.6 Å². The summed E-state index contributed by atoms with van der Waals surface area (Å²) >= 11 is 0. The first-order valence-corrected chi connectivity index (χ1v) is 8.25. The molecule has 0 radical (unpaired) electrons. The maximum Gasteiger partial charge on any atom is 0.256 e. The molecule has 0 aromatic heterocycles. The molecule has 0 aliphatic carbocycles. The summed E-state index contributed by atoms with van der Waals surface area (Å²) in [5, 5.41) is 5.20. The van der Waals surface area contributed by atoms with E-state index in [0.29, 0.717) is 6.61 Å². The molecule has 0 atom stereocenters. The third kappa shape index (κ3) is 7.81. The largest absolute Gasteiger partial charge is 0.385 e. The Bertz CT molecular complexity index is 663. The fraction of sp³-hybridized carbons (Fsp3) is 0.444. The van der Waals surface area contributed by atoms with E-state index < -0.39 is 29.6 Å². The standard InChI is InChI=1S/C18H24F2N2O5/c1-4-27-11-16(23)14(9-21-10-17(25-2)26-3)18(24)22-8-12-5-6-13(19)7-15(12)20/h5-7,9,17,21H,4,8,10-11H2,1-3H3,(H,22,24)/b14-9+. The molecule has 1 amide bonds. The van der Waals surface area contributed by atoms with E-state index in [4.69, 9.17) is 14.2 Å². The average Bonchev–Trinajstić information content (AvgIpc) is 2.65. The number of ether oxygens (including phenoxy) is 3. The predicted octanol–water partition coefficient (Wildman–Crippen LogP) is 1.28. The summed E-state index contributed by atoms with van der Waals surface area (Å²) < 4.78 is 41.6. The number of carbonyl (C=O) groups excluding carboxylic acids is 2. The second-order valence-corrected chi connectivity index (χ2v) is 5.35. The number of carbonyl (C=O) groups is 2. The number of nitrogens with one attached hydrogen (secondary N) is 2. The highest BCUT2D eigenvalue weighted by atomic mass is 19.1. The van der Waals surface area contributed by atoms with E-state index in [1.54, 1.807) is 6.92 Å². The summed E-state index contributed by atoms with van der Waals surface area (Å²) in [6.07, 6.45) is 0.656.